The third-order valence-electron chi connectivity index (χ3n) is 4.27. The Morgan fingerprint density at radius 1 is 1.18 bits per heavy atom. The lowest BCUT2D eigenvalue weighted by molar-refractivity contribution is -0.115. The Labute approximate surface area is 168 Å². The van der Waals surface area contributed by atoms with Gasteiger partial charge in [-0.25, -0.2) is 0 Å². The van der Waals surface area contributed by atoms with Crippen LogP contribution >= 0.6 is 11.8 Å². The van der Waals surface area contributed by atoms with Gasteiger partial charge >= 0.3 is 0 Å². The molecule has 3 aromatic rings. The zero-order chi connectivity index (χ0) is 19.9. The lowest BCUT2D eigenvalue weighted by Crippen LogP contribution is -2.23. The number of rotatable bonds is 7. The maximum absolute atomic E-state index is 12.6. The summed E-state index contributed by atoms with van der Waals surface area (Å²) in [5, 5.41) is 20.9. The topological polar surface area (TPSA) is 83.6 Å². The van der Waals surface area contributed by atoms with Gasteiger partial charge in [-0.05, 0) is 31.5 Å². The maximum Gasteiger partial charge on any atom is 0.237 e. The van der Waals surface area contributed by atoms with Gasteiger partial charge in [0.25, 0.3) is 0 Å². The molecule has 0 unspecified atom stereocenters. The first-order chi connectivity index (χ1) is 13.6. The molecule has 0 aliphatic heterocycles. The van der Waals surface area contributed by atoms with Gasteiger partial charge in [-0.2, -0.15) is 5.26 Å². The van der Waals surface area contributed by atoms with Gasteiger partial charge in [-0.3, -0.25) is 4.79 Å². The first kappa shape index (κ1) is 19.6. The first-order valence-electron chi connectivity index (χ1n) is 9.05. The number of benzene rings is 2. The van der Waals surface area contributed by atoms with Crippen molar-refractivity contribution >= 4 is 23.4 Å². The van der Waals surface area contributed by atoms with Gasteiger partial charge in [-0.1, -0.05) is 54.2 Å². The van der Waals surface area contributed by atoms with Gasteiger partial charge in [0.05, 0.1) is 16.5 Å². The number of nitriles is 1. The molecule has 2 aromatic carbocycles. The number of anilines is 1. The van der Waals surface area contributed by atoms with E-state index < -0.39 is 0 Å². The van der Waals surface area contributed by atoms with Crippen LogP contribution < -0.4 is 5.32 Å². The summed E-state index contributed by atoms with van der Waals surface area (Å²) in [6, 6.07) is 19.2. The predicted octanol–water partition coefficient (Wildman–Crippen LogP) is 3.88. The monoisotopic (exact) mass is 391 g/mol. The molecule has 1 heterocycles. The Morgan fingerprint density at radius 3 is 2.61 bits per heavy atom. The zero-order valence-electron chi connectivity index (χ0n) is 15.8. The highest BCUT2D eigenvalue weighted by atomic mass is 32.2. The fourth-order valence-electron chi connectivity index (χ4n) is 2.77. The molecule has 0 spiro atoms. The summed E-state index contributed by atoms with van der Waals surface area (Å²) < 4.78 is 2.03. The fourth-order valence-corrected chi connectivity index (χ4v) is 3.70. The van der Waals surface area contributed by atoms with Crippen molar-refractivity contribution in [2.24, 2.45) is 0 Å². The number of thioether (sulfide) groups is 1. The summed E-state index contributed by atoms with van der Waals surface area (Å²) >= 11 is 1.36. The highest BCUT2D eigenvalue weighted by Gasteiger charge is 2.20. The van der Waals surface area contributed by atoms with E-state index in [4.69, 9.17) is 5.26 Å². The van der Waals surface area contributed by atoms with E-state index in [1.165, 1.54) is 17.3 Å². The fraction of sp³-hybridized carbons (Fsp3) is 0.238. The van der Waals surface area contributed by atoms with Crippen LogP contribution in [0.15, 0.2) is 59.8 Å². The van der Waals surface area contributed by atoms with Crippen molar-refractivity contribution in [1.82, 2.24) is 14.8 Å². The van der Waals surface area contributed by atoms with Crippen molar-refractivity contribution < 1.29 is 4.79 Å². The first-order valence-corrected chi connectivity index (χ1v) is 9.93. The third kappa shape index (κ3) is 4.59. The van der Waals surface area contributed by atoms with E-state index >= 15 is 0 Å². The van der Waals surface area contributed by atoms with Crippen molar-refractivity contribution in [3.8, 4) is 6.07 Å². The van der Waals surface area contributed by atoms with Crippen LogP contribution in [0.4, 0.5) is 5.69 Å². The molecule has 7 heteroatoms. The standard InChI is InChI=1S/C21H21N5OS/c1-3-26-19(13-16-9-5-4-6-10-16)24-25-21(26)28-15(2)20(27)23-18-12-8-7-11-17(18)14-22/h4-12,15H,3,13H2,1-2H3,(H,23,27)/t15-/m0/s1. The smallest absolute Gasteiger partial charge is 0.237 e. The quantitative estimate of drug-likeness (QED) is 0.618. The SMILES string of the molecule is CCn1c(Cc2ccccc2)nnc1S[C@@H](C)C(=O)Nc1ccccc1C#N. The summed E-state index contributed by atoms with van der Waals surface area (Å²) in [5.41, 5.74) is 2.12. The van der Waals surface area contributed by atoms with Gasteiger partial charge in [-0.15, -0.1) is 10.2 Å². The normalized spacial score (nSPS) is 11.6. The molecule has 1 amide bonds. The van der Waals surface area contributed by atoms with E-state index in [-0.39, 0.29) is 11.2 Å². The average molecular weight is 392 g/mol. The zero-order valence-corrected chi connectivity index (χ0v) is 16.6. The van der Waals surface area contributed by atoms with Crippen molar-refractivity contribution in [2.75, 3.05) is 5.32 Å². The Bertz CT molecular complexity index is 994. The van der Waals surface area contributed by atoms with Gasteiger partial charge in [0, 0.05) is 13.0 Å². The lowest BCUT2D eigenvalue weighted by atomic mass is 10.1. The minimum Gasteiger partial charge on any atom is -0.324 e. The van der Waals surface area contributed by atoms with Crippen molar-refractivity contribution in [3.05, 3.63) is 71.5 Å². The number of para-hydroxylation sites is 1. The van der Waals surface area contributed by atoms with Crippen molar-refractivity contribution in [2.45, 2.75) is 37.2 Å². The highest BCUT2D eigenvalue weighted by Crippen LogP contribution is 2.25. The molecule has 28 heavy (non-hydrogen) atoms. The summed E-state index contributed by atoms with van der Waals surface area (Å²) in [6.07, 6.45) is 0.693. The molecule has 1 aromatic heterocycles. The molecule has 0 saturated carbocycles. The van der Waals surface area contributed by atoms with Crippen LogP contribution in [0.25, 0.3) is 0 Å². The van der Waals surface area contributed by atoms with Crippen molar-refractivity contribution in [1.29, 1.82) is 5.26 Å². The molecule has 0 aliphatic rings. The molecule has 0 radical (unpaired) electrons. The van der Waals surface area contributed by atoms with E-state index in [2.05, 4.69) is 33.7 Å². The molecule has 0 aliphatic carbocycles. The summed E-state index contributed by atoms with van der Waals surface area (Å²) in [4.78, 5) is 12.6. The number of aromatic nitrogens is 3. The van der Waals surface area contributed by atoms with Crippen LogP contribution in [0.5, 0.6) is 0 Å². The second kappa shape index (κ2) is 9.20. The minimum absolute atomic E-state index is 0.178. The van der Waals surface area contributed by atoms with Gasteiger partial charge in [0.2, 0.25) is 5.91 Å². The van der Waals surface area contributed by atoms with Crippen LogP contribution in [0.1, 0.15) is 30.8 Å². The molecule has 1 atom stereocenters. The minimum atomic E-state index is -0.383. The highest BCUT2D eigenvalue weighted by molar-refractivity contribution is 8.00. The van der Waals surface area contributed by atoms with E-state index in [1.807, 2.05) is 36.6 Å². The number of hydrogen-bond donors (Lipinski definition) is 1. The number of nitrogens with zero attached hydrogens (tertiary/aromatic N) is 4. The van der Waals surface area contributed by atoms with E-state index in [1.54, 1.807) is 24.3 Å². The van der Waals surface area contributed by atoms with Crippen LogP contribution in [0.2, 0.25) is 0 Å². The lowest BCUT2D eigenvalue weighted by Gasteiger charge is -2.13. The second-order valence-electron chi connectivity index (χ2n) is 6.21. The summed E-state index contributed by atoms with van der Waals surface area (Å²) in [7, 11) is 0. The molecular formula is C21H21N5OS. The Kier molecular flexibility index (Phi) is 6.45. The summed E-state index contributed by atoms with van der Waals surface area (Å²) in [6.45, 7) is 4.58. The number of hydrogen-bond acceptors (Lipinski definition) is 5. The molecule has 0 bridgehead atoms. The maximum atomic E-state index is 12.6. The number of carbonyl (C=O) groups is 1. The van der Waals surface area contributed by atoms with Crippen molar-refractivity contribution in [3.63, 3.8) is 0 Å². The van der Waals surface area contributed by atoms with Crippen LogP contribution in [0, 0.1) is 11.3 Å². The van der Waals surface area contributed by atoms with Crippen LogP contribution in [0.3, 0.4) is 0 Å². The van der Waals surface area contributed by atoms with Gasteiger partial charge in [0.15, 0.2) is 5.16 Å². The molecule has 3 rings (SSSR count). The Balaban J connectivity index is 1.70. The van der Waals surface area contributed by atoms with Crippen LogP contribution in [-0.2, 0) is 17.8 Å². The van der Waals surface area contributed by atoms with E-state index in [0.29, 0.717) is 22.8 Å². The number of amides is 1. The Hall–Kier alpha value is -3.11. The summed E-state index contributed by atoms with van der Waals surface area (Å²) in [5.74, 6) is 0.696. The van der Waals surface area contributed by atoms with Gasteiger partial charge < -0.3 is 9.88 Å². The molecule has 6 nitrogen and oxygen atoms in total. The number of nitrogens with one attached hydrogen (secondary N) is 1. The largest absolute Gasteiger partial charge is 0.324 e. The third-order valence-corrected chi connectivity index (χ3v) is 5.35. The Morgan fingerprint density at radius 2 is 1.89 bits per heavy atom. The predicted molar refractivity (Wildman–Crippen MR) is 110 cm³/mol. The average Bonchev–Trinajstić information content (AvgIpc) is 3.10. The molecule has 0 fully saturated rings. The molecule has 0 saturated heterocycles. The molecular weight excluding hydrogens is 370 g/mol. The molecule has 1 N–H and O–H groups in total. The van der Waals surface area contributed by atoms with E-state index in [0.717, 1.165) is 12.4 Å². The van der Waals surface area contributed by atoms with Gasteiger partial charge in [0.1, 0.15) is 11.9 Å². The van der Waals surface area contributed by atoms with E-state index in [9.17, 15) is 4.79 Å². The van der Waals surface area contributed by atoms with Crippen LogP contribution in [-0.4, -0.2) is 25.9 Å². The second-order valence-corrected chi connectivity index (χ2v) is 7.52. The number of carbonyl (C=O) groups excluding carboxylic acids is 1. The molecule has 142 valence electrons.